The van der Waals surface area contributed by atoms with Gasteiger partial charge in [-0.1, -0.05) is 29.4 Å². The molecule has 3 aromatic heterocycles. The second kappa shape index (κ2) is 8.63. The molecule has 1 aliphatic heterocycles. The van der Waals surface area contributed by atoms with Crippen molar-refractivity contribution in [3.63, 3.8) is 0 Å². The number of imidazole rings is 1. The number of rotatable bonds is 4. The van der Waals surface area contributed by atoms with Crippen LogP contribution < -0.4 is 10.6 Å². The van der Waals surface area contributed by atoms with Crippen molar-refractivity contribution in [1.29, 1.82) is 0 Å². The minimum atomic E-state index is -0.889. The number of carboxylic acids is 1. The number of aliphatic carboxylic acids is 1. The third-order valence-electron chi connectivity index (χ3n) is 7.34. The second-order valence-electron chi connectivity index (χ2n) is 9.29. The number of halogens is 2. The highest BCUT2D eigenvalue weighted by Crippen LogP contribution is 2.54. The fourth-order valence-electron chi connectivity index (χ4n) is 5.65. The molecule has 0 saturated carbocycles. The maximum Gasteiger partial charge on any atom is 0.311 e. The Hall–Kier alpha value is -3.37. The van der Waals surface area contributed by atoms with Crippen molar-refractivity contribution >= 4 is 46.7 Å². The van der Waals surface area contributed by atoms with Crippen molar-refractivity contribution < 1.29 is 14.3 Å². The topological polar surface area (TPSA) is 110 Å². The number of aromatic nitrogens is 4. The van der Waals surface area contributed by atoms with E-state index >= 15 is 0 Å². The maximum atomic E-state index is 13.9. The predicted molar refractivity (Wildman–Crippen MR) is 135 cm³/mol. The molecular weight excluding hydrogens is 503 g/mol. The number of carboxylic acid groups (broad SMARTS) is 1. The predicted octanol–water partition coefficient (Wildman–Crippen LogP) is 4.66. The average Bonchev–Trinajstić information content (AvgIpc) is 3.46. The van der Waals surface area contributed by atoms with Crippen LogP contribution in [-0.4, -0.2) is 43.5 Å². The van der Waals surface area contributed by atoms with Gasteiger partial charge in [0.15, 0.2) is 5.65 Å². The summed E-state index contributed by atoms with van der Waals surface area (Å²) in [5.41, 5.74) is 7.70. The van der Waals surface area contributed by atoms with Crippen LogP contribution in [0.3, 0.4) is 0 Å². The van der Waals surface area contributed by atoms with E-state index in [1.807, 2.05) is 10.6 Å². The zero-order chi connectivity index (χ0) is 25.0. The molecule has 184 valence electrons. The molecule has 4 heterocycles. The van der Waals surface area contributed by atoms with Crippen LogP contribution in [0.4, 0.5) is 16.2 Å². The number of benzene rings is 1. The molecule has 0 radical (unpaired) electrons. The normalized spacial score (nSPS) is 18.6. The minimum absolute atomic E-state index is 0.268. The summed E-state index contributed by atoms with van der Waals surface area (Å²) in [6, 6.07) is 6.34. The van der Waals surface area contributed by atoms with Crippen LogP contribution in [0, 0.1) is 11.2 Å². The molecule has 0 unspecified atom stereocenters. The number of piperidine rings is 1. The van der Waals surface area contributed by atoms with Gasteiger partial charge >= 0.3 is 5.97 Å². The molecule has 1 saturated heterocycles. The molecule has 1 spiro atoms. The Balaban J connectivity index is 1.27. The second-order valence-corrected chi connectivity index (χ2v) is 10.8. The number of hydrogen-bond donors (Lipinski definition) is 2. The van der Waals surface area contributed by atoms with Gasteiger partial charge in [0.1, 0.15) is 11.6 Å². The van der Waals surface area contributed by atoms with Gasteiger partial charge < -0.3 is 15.7 Å². The molecule has 2 aliphatic rings. The lowest BCUT2D eigenvalue weighted by atomic mass is 9.69. The number of pyridine rings is 1. The molecule has 1 atom stereocenters. The van der Waals surface area contributed by atoms with Gasteiger partial charge in [-0.25, -0.2) is 19.3 Å². The summed E-state index contributed by atoms with van der Waals surface area (Å²) >= 11 is 7.75. The molecule has 6 rings (SSSR count). The molecule has 4 aromatic rings. The number of fused-ring (bicyclic) bond motifs is 2. The Kier molecular flexibility index (Phi) is 5.53. The lowest BCUT2D eigenvalue weighted by Gasteiger charge is -2.42. The minimum Gasteiger partial charge on any atom is -0.481 e. The zero-order valence-electron chi connectivity index (χ0n) is 19.1. The van der Waals surface area contributed by atoms with Crippen LogP contribution in [0.15, 0.2) is 58.8 Å². The quantitative estimate of drug-likeness (QED) is 0.396. The zero-order valence-corrected chi connectivity index (χ0v) is 20.6. The van der Waals surface area contributed by atoms with E-state index < -0.39 is 23.1 Å². The van der Waals surface area contributed by atoms with Gasteiger partial charge in [0.2, 0.25) is 5.95 Å². The Morgan fingerprint density at radius 3 is 2.75 bits per heavy atom. The van der Waals surface area contributed by atoms with Crippen LogP contribution in [0.5, 0.6) is 0 Å². The Bertz CT molecular complexity index is 1500. The molecule has 1 fully saturated rings. The first-order chi connectivity index (χ1) is 17.4. The van der Waals surface area contributed by atoms with E-state index in [9.17, 15) is 14.3 Å². The van der Waals surface area contributed by atoms with Crippen molar-refractivity contribution in [3.05, 3.63) is 71.0 Å². The van der Waals surface area contributed by atoms with Crippen molar-refractivity contribution in [2.45, 2.75) is 35.0 Å². The third-order valence-corrected chi connectivity index (χ3v) is 8.91. The first kappa shape index (κ1) is 23.1. The highest BCUT2D eigenvalue weighted by Gasteiger charge is 2.51. The highest BCUT2D eigenvalue weighted by molar-refractivity contribution is 7.99. The van der Waals surface area contributed by atoms with E-state index in [-0.39, 0.29) is 5.82 Å². The van der Waals surface area contributed by atoms with Crippen molar-refractivity contribution in [2.24, 2.45) is 5.41 Å². The SMILES string of the molecule is Nc1nccc(Sc2cnc(N3CCC4(CC3)Cc3ccc(F)cc3[C@H]4C(=O)O)n3ccnc23)c1Cl. The van der Waals surface area contributed by atoms with E-state index in [0.29, 0.717) is 42.9 Å². The number of carbonyl (C=O) groups is 1. The molecule has 0 bridgehead atoms. The van der Waals surface area contributed by atoms with E-state index in [0.717, 1.165) is 26.9 Å². The molecule has 36 heavy (non-hydrogen) atoms. The van der Waals surface area contributed by atoms with Crippen LogP contribution in [-0.2, 0) is 11.2 Å². The fraction of sp³-hybridized carbons (Fsp3) is 0.280. The smallest absolute Gasteiger partial charge is 0.311 e. The Labute approximate surface area is 215 Å². The number of nitrogen functional groups attached to an aromatic ring is 1. The largest absolute Gasteiger partial charge is 0.481 e. The van der Waals surface area contributed by atoms with E-state index in [1.54, 1.807) is 30.7 Å². The van der Waals surface area contributed by atoms with Crippen LogP contribution in [0.2, 0.25) is 5.02 Å². The lowest BCUT2D eigenvalue weighted by Crippen LogP contribution is -2.44. The van der Waals surface area contributed by atoms with Crippen molar-refractivity contribution in [2.75, 3.05) is 23.7 Å². The first-order valence-electron chi connectivity index (χ1n) is 11.5. The van der Waals surface area contributed by atoms with Crippen LogP contribution in [0.25, 0.3) is 5.65 Å². The molecule has 11 heteroatoms. The summed E-state index contributed by atoms with van der Waals surface area (Å²) in [4.78, 5) is 29.3. The molecule has 1 aromatic carbocycles. The van der Waals surface area contributed by atoms with Gasteiger partial charge in [-0.15, -0.1) is 0 Å². The monoisotopic (exact) mass is 524 g/mol. The van der Waals surface area contributed by atoms with Crippen LogP contribution >= 0.6 is 23.4 Å². The van der Waals surface area contributed by atoms with Gasteiger partial charge in [0.25, 0.3) is 0 Å². The fourth-order valence-corrected chi connectivity index (χ4v) is 6.78. The number of nitrogens with zero attached hydrogens (tertiary/aromatic N) is 5. The summed E-state index contributed by atoms with van der Waals surface area (Å²) < 4.78 is 15.9. The summed E-state index contributed by atoms with van der Waals surface area (Å²) in [6.07, 6.45) is 8.95. The molecule has 1 aliphatic carbocycles. The number of hydrogen-bond acceptors (Lipinski definition) is 7. The van der Waals surface area contributed by atoms with Gasteiger partial charge in [-0.3, -0.25) is 9.20 Å². The summed E-state index contributed by atoms with van der Waals surface area (Å²) in [5, 5.41) is 10.5. The molecule has 0 amide bonds. The molecule has 3 N–H and O–H groups in total. The summed E-state index contributed by atoms with van der Waals surface area (Å²) in [7, 11) is 0. The van der Waals surface area contributed by atoms with Gasteiger partial charge in [0.05, 0.1) is 15.8 Å². The van der Waals surface area contributed by atoms with E-state index in [4.69, 9.17) is 22.3 Å². The summed E-state index contributed by atoms with van der Waals surface area (Å²) in [5.74, 6) is -0.975. The number of nitrogens with two attached hydrogens (primary N) is 1. The standard InChI is InChI=1S/C25H22ClFN6O2S/c26-20-17(3-6-29-21(20)28)36-18-13-31-24(33-10-7-30-22(18)33)32-8-4-25(5-9-32)12-14-1-2-15(27)11-16(14)19(25)23(34)35/h1-3,6-7,10-11,13,19H,4-5,8-9,12H2,(H2,28,29)(H,34,35)/t19-/m0/s1. The summed E-state index contributed by atoms with van der Waals surface area (Å²) in [6.45, 7) is 1.28. The van der Waals surface area contributed by atoms with Crippen molar-refractivity contribution in [1.82, 2.24) is 19.4 Å². The first-order valence-corrected chi connectivity index (χ1v) is 12.7. The van der Waals surface area contributed by atoms with E-state index in [1.165, 1.54) is 23.9 Å². The van der Waals surface area contributed by atoms with E-state index in [2.05, 4.69) is 14.9 Å². The third kappa shape index (κ3) is 3.67. The van der Waals surface area contributed by atoms with Crippen LogP contribution in [0.1, 0.15) is 29.9 Å². The Morgan fingerprint density at radius 1 is 1.17 bits per heavy atom. The van der Waals surface area contributed by atoms with Gasteiger partial charge in [-0.05, 0) is 54.0 Å². The highest BCUT2D eigenvalue weighted by atomic mass is 35.5. The van der Waals surface area contributed by atoms with Gasteiger partial charge in [-0.2, -0.15) is 0 Å². The molecule has 8 nitrogen and oxygen atoms in total. The molecular formula is C25H22ClFN6O2S. The average molecular weight is 525 g/mol. The number of anilines is 2. The Morgan fingerprint density at radius 2 is 1.97 bits per heavy atom. The maximum absolute atomic E-state index is 13.9. The lowest BCUT2D eigenvalue weighted by molar-refractivity contribution is -0.142. The van der Waals surface area contributed by atoms with Gasteiger partial charge in [0, 0.05) is 42.8 Å². The van der Waals surface area contributed by atoms with Crippen molar-refractivity contribution in [3.8, 4) is 0 Å².